The molecule has 0 saturated carbocycles. The van der Waals surface area contributed by atoms with E-state index in [1.807, 2.05) is 6.92 Å². The maximum absolute atomic E-state index is 3.20. The molecule has 1 heterocycles. The lowest BCUT2D eigenvalue weighted by Gasteiger charge is -2.30. The standard InChI is InChI=1S/C12H21N/c1-3-5-6-12-7-10-13(9-4-2)11-8-12/h12H,4,6-11H2,1-2H3. The van der Waals surface area contributed by atoms with Crippen molar-refractivity contribution in [1.29, 1.82) is 0 Å². The van der Waals surface area contributed by atoms with E-state index in [-0.39, 0.29) is 0 Å². The summed E-state index contributed by atoms with van der Waals surface area (Å²) < 4.78 is 0. The minimum atomic E-state index is 0.876. The number of likely N-dealkylation sites (tertiary alicyclic amines) is 1. The normalized spacial score (nSPS) is 19.5. The van der Waals surface area contributed by atoms with Crippen molar-refractivity contribution in [2.24, 2.45) is 5.92 Å². The highest BCUT2D eigenvalue weighted by molar-refractivity contribution is 4.97. The van der Waals surface area contributed by atoms with Crippen LogP contribution in [0.3, 0.4) is 0 Å². The Labute approximate surface area is 82.5 Å². The number of hydrogen-bond donors (Lipinski definition) is 0. The molecule has 13 heavy (non-hydrogen) atoms. The molecule has 0 aromatic rings. The molecule has 1 aliphatic heterocycles. The molecule has 0 N–H and O–H groups in total. The first-order valence-electron chi connectivity index (χ1n) is 5.48. The van der Waals surface area contributed by atoms with Crippen molar-refractivity contribution in [1.82, 2.24) is 4.90 Å². The van der Waals surface area contributed by atoms with Crippen LogP contribution < -0.4 is 0 Å². The summed E-state index contributed by atoms with van der Waals surface area (Å²) in [5.74, 6) is 7.06. The van der Waals surface area contributed by atoms with Gasteiger partial charge < -0.3 is 4.90 Å². The molecule has 0 amide bonds. The van der Waals surface area contributed by atoms with E-state index < -0.39 is 0 Å². The molecule has 74 valence electrons. The molecule has 0 aromatic carbocycles. The fraction of sp³-hybridized carbons (Fsp3) is 0.833. The average Bonchev–Trinajstić information content (AvgIpc) is 2.17. The first-order valence-corrected chi connectivity index (χ1v) is 5.48. The van der Waals surface area contributed by atoms with Gasteiger partial charge in [0, 0.05) is 6.42 Å². The molecule has 1 fully saturated rings. The summed E-state index contributed by atoms with van der Waals surface area (Å²) >= 11 is 0. The summed E-state index contributed by atoms with van der Waals surface area (Å²) in [6, 6.07) is 0. The van der Waals surface area contributed by atoms with Gasteiger partial charge in [0.1, 0.15) is 0 Å². The first kappa shape index (κ1) is 10.6. The number of nitrogens with zero attached hydrogens (tertiary/aromatic N) is 1. The zero-order chi connectivity index (χ0) is 9.52. The van der Waals surface area contributed by atoms with Crippen LogP contribution in [-0.2, 0) is 0 Å². The van der Waals surface area contributed by atoms with Gasteiger partial charge in [0.15, 0.2) is 0 Å². The highest BCUT2D eigenvalue weighted by atomic mass is 15.1. The monoisotopic (exact) mass is 179 g/mol. The summed E-state index contributed by atoms with van der Waals surface area (Å²) in [5, 5.41) is 0. The van der Waals surface area contributed by atoms with E-state index in [0.29, 0.717) is 0 Å². The third kappa shape index (κ3) is 3.83. The number of piperidine rings is 1. The molecule has 0 atom stereocenters. The van der Waals surface area contributed by atoms with Gasteiger partial charge in [-0.1, -0.05) is 6.92 Å². The van der Waals surface area contributed by atoms with Gasteiger partial charge in [-0.15, -0.1) is 11.8 Å². The summed E-state index contributed by atoms with van der Waals surface area (Å²) in [5.41, 5.74) is 0. The second-order valence-electron chi connectivity index (χ2n) is 3.92. The predicted molar refractivity (Wildman–Crippen MR) is 57.5 cm³/mol. The van der Waals surface area contributed by atoms with E-state index in [1.165, 1.54) is 38.9 Å². The highest BCUT2D eigenvalue weighted by Gasteiger charge is 2.17. The molecular weight excluding hydrogens is 158 g/mol. The molecule has 0 radical (unpaired) electrons. The van der Waals surface area contributed by atoms with E-state index >= 15 is 0 Å². The van der Waals surface area contributed by atoms with Crippen molar-refractivity contribution in [3.63, 3.8) is 0 Å². The highest BCUT2D eigenvalue weighted by Crippen LogP contribution is 2.19. The van der Waals surface area contributed by atoms with Gasteiger partial charge in [-0.2, -0.15) is 0 Å². The Kier molecular flexibility index (Phi) is 4.93. The smallest absolute Gasteiger partial charge is 0.0118 e. The Morgan fingerprint density at radius 3 is 2.54 bits per heavy atom. The summed E-state index contributed by atoms with van der Waals surface area (Å²) in [6.07, 6.45) is 5.12. The van der Waals surface area contributed by atoms with Crippen LogP contribution in [0.2, 0.25) is 0 Å². The lowest BCUT2D eigenvalue weighted by molar-refractivity contribution is 0.187. The van der Waals surface area contributed by atoms with Gasteiger partial charge >= 0.3 is 0 Å². The van der Waals surface area contributed by atoms with Gasteiger partial charge in [0.25, 0.3) is 0 Å². The molecule has 0 unspecified atom stereocenters. The first-order chi connectivity index (χ1) is 6.36. The van der Waals surface area contributed by atoms with Crippen molar-refractivity contribution in [3.8, 4) is 11.8 Å². The lowest BCUT2D eigenvalue weighted by Crippen LogP contribution is -2.34. The number of rotatable bonds is 3. The molecule has 0 spiro atoms. The van der Waals surface area contributed by atoms with Crippen LogP contribution in [0.15, 0.2) is 0 Å². The van der Waals surface area contributed by atoms with Crippen LogP contribution in [0.1, 0.15) is 39.5 Å². The predicted octanol–water partition coefficient (Wildman–Crippen LogP) is 2.52. The maximum atomic E-state index is 3.20. The van der Waals surface area contributed by atoms with Crippen LogP contribution in [-0.4, -0.2) is 24.5 Å². The zero-order valence-corrected chi connectivity index (χ0v) is 8.97. The Bertz CT molecular complexity index is 179. The number of hydrogen-bond acceptors (Lipinski definition) is 1. The molecule has 0 aliphatic carbocycles. The largest absolute Gasteiger partial charge is 0.303 e. The molecular formula is C12H21N. The quantitative estimate of drug-likeness (QED) is 0.602. The van der Waals surface area contributed by atoms with E-state index in [2.05, 4.69) is 23.7 Å². The topological polar surface area (TPSA) is 3.24 Å². The maximum Gasteiger partial charge on any atom is 0.0118 e. The fourth-order valence-electron chi connectivity index (χ4n) is 1.98. The fourth-order valence-corrected chi connectivity index (χ4v) is 1.98. The zero-order valence-electron chi connectivity index (χ0n) is 8.97. The average molecular weight is 179 g/mol. The Hall–Kier alpha value is -0.480. The van der Waals surface area contributed by atoms with Crippen molar-refractivity contribution >= 4 is 0 Å². The summed E-state index contributed by atoms with van der Waals surface area (Å²) in [7, 11) is 0. The molecule has 1 rings (SSSR count). The van der Waals surface area contributed by atoms with Gasteiger partial charge in [0.2, 0.25) is 0 Å². The Balaban J connectivity index is 2.17. The van der Waals surface area contributed by atoms with E-state index in [1.54, 1.807) is 0 Å². The van der Waals surface area contributed by atoms with Crippen LogP contribution in [0.5, 0.6) is 0 Å². The molecule has 1 heteroatoms. The van der Waals surface area contributed by atoms with Gasteiger partial charge in [0.05, 0.1) is 0 Å². The molecule has 1 aliphatic rings. The lowest BCUT2D eigenvalue weighted by atomic mass is 9.94. The second kappa shape index (κ2) is 6.05. The third-order valence-electron chi connectivity index (χ3n) is 2.81. The van der Waals surface area contributed by atoms with Crippen molar-refractivity contribution in [2.45, 2.75) is 39.5 Å². The van der Waals surface area contributed by atoms with Crippen LogP contribution >= 0.6 is 0 Å². The molecule has 0 bridgehead atoms. The Morgan fingerprint density at radius 1 is 1.31 bits per heavy atom. The van der Waals surface area contributed by atoms with Crippen molar-refractivity contribution in [3.05, 3.63) is 0 Å². The van der Waals surface area contributed by atoms with Crippen molar-refractivity contribution < 1.29 is 0 Å². The third-order valence-corrected chi connectivity index (χ3v) is 2.81. The summed E-state index contributed by atoms with van der Waals surface area (Å²) in [4.78, 5) is 2.58. The summed E-state index contributed by atoms with van der Waals surface area (Å²) in [6.45, 7) is 8.07. The van der Waals surface area contributed by atoms with Gasteiger partial charge in [-0.05, 0) is 51.7 Å². The van der Waals surface area contributed by atoms with Crippen LogP contribution in [0.4, 0.5) is 0 Å². The SMILES string of the molecule is CC#CCC1CCN(CCC)CC1. The molecule has 1 nitrogen and oxygen atoms in total. The minimum Gasteiger partial charge on any atom is -0.303 e. The van der Waals surface area contributed by atoms with E-state index in [4.69, 9.17) is 0 Å². The minimum absolute atomic E-state index is 0.876. The van der Waals surface area contributed by atoms with E-state index in [0.717, 1.165) is 12.3 Å². The van der Waals surface area contributed by atoms with Crippen LogP contribution in [0.25, 0.3) is 0 Å². The molecule has 1 saturated heterocycles. The van der Waals surface area contributed by atoms with Crippen LogP contribution in [0, 0.1) is 17.8 Å². The van der Waals surface area contributed by atoms with Crippen molar-refractivity contribution in [2.75, 3.05) is 19.6 Å². The second-order valence-corrected chi connectivity index (χ2v) is 3.92. The molecule has 0 aromatic heterocycles. The van der Waals surface area contributed by atoms with E-state index in [9.17, 15) is 0 Å². The Morgan fingerprint density at radius 2 is 2.00 bits per heavy atom. The van der Waals surface area contributed by atoms with Gasteiger partial charge in [-0.3, -0.25) is 0 Å². The van der Waals surface area contributed by atoms with Gasteiger partial charge in [-0.25, -0.2) is 0 Å².